The SMILES string of the molecule is O=P(c1ccccc1)(c1ccccc1)C12Cc3cc4c5c6c(cc7cc8c9c%10c7c6c6c%10c7c%10c%11c%12c(c1c1c3c5c6c1c%127)C(CC%11=CC(C8)C9%10)C2)C4. The van der Waals surface area contributed by atoms with Crippen LogP contribution in [-0.4, -0.2) is 0 Å². The van der Waals surface area contributed by atoms with Crippen molar-refractivity contribution in [3.63, 3.8) is 0 Å². The molecule has 0 saturated carbocycles. The molecule has 0 amide bonds. The van der Waals surface area contributed by atoms with Crippen LogP contribution in [0.1, 0.15) is 74.7 Å². The molecule has 0 N–H and O–H groups in total. The molecule has 242 valence electrons. The van der Waals surface area contributed by atoms with E-state index in [1.54, 1.807) is 103 Å². The zero-order valence-corrected chi connectivity index (χ0v) is 29.6. The highest BCUT2D eigenvalue weighted by atomic mass is 31.2. The molecule has 0 bridgehead atoms. The van der Waals surface area contributed by atoms with Gasteiger partial charge < -0.3 is 4.57 Å². The third-order valence-electron chi connectivity index (χ3n) is 16.8. The number of hydrogen-bond donors (Lipinski definition) is 0. The van der Waals surface area contributed by atoms with Crippen LogP contribution in [-0.2, 0) is 29.0 Å². The minimum absolute atomic E-state index is 0.379. The Morgan fingerprint density at radius 3 is 1.96 bits per heavy atom. The topological polar surface area (TPSA) is 17.1 Å². The van der Waals surface area contributed by atoms with Crippen molar-refractivity contribution in [1.29, 1.82) is 0 Å². The minimum atomic E-state index is -3.24. The van der Waals surface area contributed by atoms with Gasteiger partial charge in [-0.25, -0.2) is 0 Å². The molecule has 11 aromatic carbocycles. The molecule has 1 nitrogen and oxygen atoms in total. The summed E-state index contributed by atoms with van der Waals surface area (Å²) >= 11 is 0. The van der Waals surface area contributed by atoms with Crippen molar-refractivity contribution in [3.8, 4) is 0 Å². The molecule has 0 aliphatic heterocycles. The second kappa shape index (κ2) is 6.95. The Labute approximate surface area is 302 Å². The van der Waals surface area contributed by atoms with E-state index < -0.39 is 12.3 Å². The van der Waals surface area contributed by atoms with E-state index in [4.69, 9.17) is 0 Å². The number of allylic oxidation sites excluding steroid dienone is 2. The van der Waals surface area contributed by atoms with Gasteiger partial charge in [-0.3, -0.25) is 0 Å². The molecule has 0 fully saturated rings. The lowest BCUT2D eigenvalue weighted by Gasteiger charge is -2.42. The molecule has 53 heavy (non-hydrogen) atoms. The van der Waals surface area contributed by atoms with E-state index in [9.17, 15) is 0 Å². The maximum atomic E-state index is 17.3. The average Bonchev–Trinajstić information content (AvgIpc) is 4.02. The van der Waals surface area contributed by atoms with Crippen LogP contribution in [0, 0.1) is 5.92 Å². The summed E-state index contributed by atoms with van der Waals surface area (Å²) in [6, 6.07) is 29.4. The van der Waals surface area contributed by atoms with E-state index in [2.05, 4.69) is 84.9 Å². The van der Waals surface area contributed by atoms with Crippen LogP contribution in [0.2, 0.25) is 0 Å². The Kier molecular flexibility index (Phi) is 3.26. The van der Waals surface area contributed by atoms with E-state index in [1.165, 1.54) is 38.4 Å². The summed E-state index contributed by atoms with van der Waals surface area (Å²) in [5.41, 5.74) is 15.9. The highest BCUT2D eigenvalue weighted by molar-refractivity contribution is 7.79. The van der Waals surface area contributed by atoms with Crippen molar-refractivity contribution in [2.45, 2.75) is 49.1 Å². The first-order valence-electron chi connectivity index (χ1n) is 19.9. The van der Waals surface area contributed by atoms with Gasteiger partial charge in [0, 0.05) is 16.5 Å². The van der Waals surface area contributed by atoms with Crippen LogP contribution in [0.25, 0.3) is 91.8 Å². The first kappa shape index (κ1) is 24.9. The molecule has 4 unspecified atom stereocenters. The van der Waals surface area contributed by atoms with Crippen LogP contribution in [0.3, 0.4) is 0 Å². The summed E-state index contributed by atoms with van der Waals surface area (Å²) in [7, 11) is -3.24. The van der Waals surface area contributed by atoms with E-state index >= 15 is 4.57 Å². The number of rotatable bonds is 3. The van der Waals surface area contributed by atoms with Crippen LogP contribution in [0.5, 0.6) is 0 Å². The molecule has 0 radical (unpaired) electrons. The summed E-state index contributed by atoms with van der Waals surface area (Å²) < 4.78 is 17.3. The Balaban J connectivity index is 1.20. The van der Waals surface area contributed by atoms with Gasteiger partial charge in [0.1, 0.15) is 0 Å². The predicted molar refractivity (Wildman–Crippen MR) is 219 cm³/mol. The lowest BCUT2D eigenvalue weighted by atomic mass is 9.70. The molecule has 7 aliphatic carbocycles. The van der Waals surface area contributed by atoms with Gasteiger partial charge in [0.25, 0.3) is 0 Å². The van der Waals surface area contributed by atoms with Gasteiger partial charge in [-0.15, -0.1) is 0 Å². The van der Waals surface area contributed by atoms with Crippen LogP contribution < -0.4 is 10.6 Å². The normalized spacial score (nSPS) is 25.1. The maximum absolute atomic E-state index is 17.3. The lowest BCUT2D eigenvalue weighted by Crippen LogP contribution is -2.37. The molecule has 2 heteroatoms. The Morgan fingerprint density at radius 2 is 1.17 bits per heavy atom. The molecule has 0 heterocycles. The fourth-order valence-corrected chi connectivity index (χ4v) is 19.7. The van der Waals surface area contributed by atoms with Gasteiger partial charge in [0.15, 0.2) is 7.14 Å². The molecule has 11 aromatic rings. The van der Waals surface area contributed by atoms with Crippen molar-refractivity contribution < 1.29 is 4.57 Å². The van der Waals surface area contributed by atoms with E-state index in [0.717, 1.165) is 42.7 Å². The molecule has 0 saturated heterocycles. The van der Waals surface area contributed by atoms with E-state index in [1.807, 2.05) is 0 Å². The molecule has 0 aromatic heterocycles. The second-order valence-electron chi connectivity index (χ2n) is 18.4. The van der Waals surface area contributed by atoms with Crippen molar-refractivity contribution in [1.82, 2.24) is 0 Å². The third kappa shape index (κ3) is 2.01. The zero-order chi connectivity index (χ0) is 33.3. The second-order valence-corrected chi connectivity index (χ2v) is 21.5. The maximum Gasteiger partial charge on any atom is 0.153 e. The van der Waals surface area contributed by atoms with Crippen LogP contribution in [0.15, 0.2) is 84.9 Å². The average molecular weight is 687 g/mol. The Bertz CT molecular complexity index is 3750. The first-order chi connectivity index (χ1) is 26.2. The summed E-state index contributed by atoms with van der Waals surface area (Å²) in [5, 5.41) is 26.7. The van der Waals surface area contributed by atoms with Gasteiger partial charge in [-0.1, -0.05) is 84.9 Å². The Hall–Kier alpha value is -5.23. The monoisotopic (exact) mass is 686 g/mol. The summed E-state index contributed by atoms with van der Waals surface area (Å²) in [6.45, 7) is 0. The number of benzene rings is 8. The fraction of sp³-hybridized carbons (Fsp3) is 0.176. The van der Waals surface area contributed by atoms with Gasteiger partial charge in [-0.05, 0) is 186 Å². The molecular weight excluding hydrogens is 660 g/mol. The standard InChI is InChI=1S/C51H27OP/c52-53(28-7-3-1-4-8-28,29-9-5-2-6-10-29)51-18-26-16-24-14-22-13-23-12-20-11-21-15-25-17-27(19-51)37-42-35(25)40-31(21)30(20)38-34(23)39-32(22)33(24)41-36(26)49(50(37)51)48-46(41)44(39)43(38)45(40)47(42)48/h1-10,12-13,15-16,21,27,31H,11,14,17-19H2. The van der Waals surface area contributed by atoms with E-state index in [0.29, 0.717) is 17.8 Å². The summed E-state index contributed by atoms with van der Waals surface area (Å²) in [4.78, 5) is 0. The molecule has 7 aliphatic rings. The van der Waals surface area contributed by atoms with Gasteiger partial charge in [-0.2, -0.15) is 0 Å². The predicted octanol–water partition coefficient (Wildman–Crippen LogP) is 11.7. The minimum Gasteiger partial charge on any atom is -0.313 e. The smallest absolute Gasteiger partial charge is 0.153 e. The summed E-state index contributed by atoms with van der Waals surface area (Å²) in [6.07, 6.45) is 7.84. The first-order valence-corrected chi connectivity index (χ1v) is 21.6. The molecule has 18 rings (SSSR count). The van der Waals surface area contributed by atoms with E-state index in [-0.39, 0.29) is 0 Å². The van der Waals surface area contributed by atoms with Gasteiger partial charge in [0.05, 0.1) is 5.16 Å². The van der Waals surface area contributed by atoms with Gasteiger partial charge in [0.2, 0.25) is 0 Å². The summed E-state index contributed by atoms with van der Waals surface area (Å²) in [5.74, 6) is 1.39. The molecule has 4 atom stereocenters. The van der Waals surface area contributed by atoms with Crippen LogP contribution in [0.4, 0.5) is 0 Å². The van der Waals surface area contributed by atoms with Crippen molar-refractivity contribution in [2.75, 3.05) is 0 Å². The lowest BCUT2D eigenvalue weighted by molar-refractivity contribution is 0.495. The highest BCUT2D eigenvalue weighted by Crippen LogP contribution is 2.79. The number of hydrogen-bond acceptors (Lipinski definition) is 1. The van der Waals surface area contributed by atoms with Gasteiger partial charge >= 0.3 is 0 Å². The van der Waals surface area contributed by atoms with Crippen LogP contribution >= 0.6 is 7.14 Å². The third-order valence-corrected chi connectivity index (χ3v) is 20.6. The Morgan fingerprint density at radius 1 is 0.547 bits per heavy atom. The van der Waals surface area contributed by atoms with Crippen molar-refractivity contribution in [2.24, 2.45) is 5.92 Å². The van der Waals surface area contributed by atoms with Crippen molar-refractivity contribution >= 4 is 110 Å². The molecule has 0 spiro atoms. The molecular formula is C51H27OP. The zero-order valence-electron chi connectivity index (χ0n) is 28.7. The quantitative estimate of drug-likeness (QED) is 0.134. The van der Waals surface area contributed by atoms with Crippen molar-refractivity contribution in [3.05, 3.63) is 135 Å². The highest BCUT2D eigenvalue weighted by Gasteiger charge is 2.62. The largest absolute Gasteiger partial charge is 0.313 e. The fourth-order valence-electron chi connectivity index (χ4n) is 15.8.